The fraction of sp³-hybridized carbons (Fsp3) is 0.320. The molecule has 0 unspecified atom stereocenters. The van der Waals surface area contributed by atoms with Gasteiger partial charge in [-0.3, -0.25) is 14.9 Å². The van der Waals surface area contributed by atoms with E-state index >= 15 is 4.39 Å². The van der Waals surface area contributed by atoms with Crippen molar-refractivity contribution in [3.63, 3.8) is 0 Å². The first-order valence-electron chi connectivity index (χ1n) is 11.1. The Morgan fingerprint density at radius 3 is 2.56 bits per heavy atom. The molecule has 0 radical (unpaired) electrons. The summed E-state index contributed by atoms with van der Waals surface area (Å²) in [6.45, 7) is 0.453. The first-order valence-corrected chi connectivity index (χ1v) is 11.1. The van der Waals surface area contributed by atoms with Crippen molar-refractivity contribution < 1.29 is 23.2 Å². The lowest BCUT2D eigenvalue weighted by atomic mass is 9.99. The zero-order chi connectivity index (χ0) is 24.5. The summed E-state index contributed by atoms with van der Waals surface area (Å²) < 4.78 is 29.8. The smallest absolute Gasteiger partial charge is 0.255 e. The van der Waals surface area contributed by atoms with E-state index in [1.54, 1.807) is 11.9 Å². The van der Waals surface area contributed by atoms with Crippen molar-refractivity contribution in [2.24, 2.45) is 5.73 Å². The number of nitrogens with one attached hydrogen (secondary N) is 2. The zero-order valence-electron chi connectivity index (χ0n) is 18.8. The fourth-order valence-corrected chi connectivity index (χ4v) is 4.77. The molecular weight excluding hydrogens is 442 g/mol. The average Bonchev–Trinajstić information content (AvgIpc) is 3.46. The highest BCUT2D eigenvalue weighted by atomic mass is 19.1. The van der Waals surface area contributed by atoms with Gasteiger partial charge in [0.05, 0.1) is 16.7 Å². The summed E-state index contributed by atoms with van der Waals surface area (Å²) in [5, 5.41) is 3.59. The summed E-state index contributed by atoms with van der Waals surface area (Å²) in [6, 6.07) is 6.72. The van der Waals surface area contributed by atoms with Gasteiger partial charge in [-0.2, -0.15) is 0 Å². The summed E-state index contributed by atoms with van der Waals surface area (Å²) in [5.41, 5.74) is 5.46. The summed E-state index contributed by atoms with van der Waals surface area (Å²) in [6.07, 6.45) is 5.85. The van der Waals surface area contributed by atoms with E-state index in [0.717, 1.165) is 38.0 Å². The van der Waals surface area contributed by atoms with Gasteiger partial charge in [0.2, 0.25) is 0 Å². The van der Waals surface area contributed by atoms with Gasteiger partial charge in [-0.15, -0.1) is 0 Å². The molecule has 0 aliphatic heterocycles. The third kappa shape index (κ3) is 4.19. The molecule has 1 aromatic heterocycles. The fourth-order valence-electron chi connectivity index (χ4n) is 4.77. The Morgan fingerprint density at radius 2 is 1.91 bits per heavy atom. The minimum atomic E-state index is -0.727. The quantitative estimate of drug-likeness (QED) is 0.266. The highest BCUT2D eigenvalue weighted by molar-refractivity contribution is 6.07. The van der Waals surface area contributed by atoms with Crippen molar-refractivity contribution in [2.45, 2.75) is 37.8 Å². The maximum Gasteiger partial charge on any atom is 0.255 e. The van der Waals surface area contributed by atoms with Gasteiger partial charge >= 0.3 is 0 Å². The number of carbonyl (C=O) groups is 3. The number of primary amides is 1. The largest absolute Gasteiger partial charge is 0.366 e. The van der Waals surface area contributed by atoms with Crippen LogP contribution in [0.15, 0.2) is 36.5 Å². The molecular formula is C25H26F2N4O3. The molecule has 2 amide bonds. The predicted octanol–water partition coefficient (Wildman–Crippen LogP) is 3.73. The SMILES string of the molecule is CN(C(=O)c1ccc(-c2cc(F)c3[nH]cc(C(N)=O)c3c2)c(F)c1)C1(NCCC=O)CCCC1. The van der Waals surface area contributed by atoms with Crippen LogP contribution < -0.4 is 11.1 Å². The van der Waals surface area contributed by atoms with Gasteiger partial charge in [-0.1, -0.05) is 6.07 Å². The monoisotopic (exact) mass is 468 g/mol. The van der Waals surface area contributed by atoms with Crippen LogP contribution in [0.2, 0.25) is 0 Å². The van der Waals surface area contributed by atoms with Crippen LogP contribution in [0.3, 0.4) is 0 Å². The number of fused-ring (bicyclic) bond motifs is 1. The summed E-state index contributed by atoms with van der Waals surface area (Å²) in [5.74, 6) is -2.42. The van der Waals surface area contributed by atoms with Crippen LogP contribution in [0, 0.1) is 11.6 Å². The van der Waals surface area contributed by atoms with Gasteiger partial charge in [0.1, 0.15) is 17.9 Å². The van der Waals surface area contributed by atoms with Gasteiger partial charge in [-0.25, -0.2) is 8.78 Å². The van der Waals surface area contributed by atoms with E-state index in [9.17, 15) is 18.8 Å². The van der Waals surface area contributed by atoms with Crippen molar-refractivity contribution in [1.82, 2.24) is 15.2 Å². The summed E-state index contributed by atoms with van der Waals surface area (Å²) in [7, 11) is 1.67. The third-order valence-electron chi connectivity index (χ3n) is 6.63. The molecule has 4 rings (SSSR count). The molecule has 34 heavy (non-hydrogen) atoms. The number of H-pyrrole nitrogens is 1. The van der Waals surface area contributed by atoms with E-state index in [1.165, 1.54) is 30.5 Å². The second kappa shape index (κ2) is 9.34. The molecule has 2 aromatic carbocycles. The maximum absolute atomic E-state index is 15.2. The van der Waals surface area contributed by atoms with Crippen LogP contribution in [0.5, 0.6) is 0 Å². The number of nitrogens with zero attached hydrogens (tertiary/aromatic N) is 1. The summed E-state index contributed by atoms with van der Waals surface area (Å²) >= 11 is 0. The second-order valence-corrected chi connectivity index (χ2v) is 8.63. The topological polar surface area (TPSA) is 108 Å². The normalized spacial score (nSPS) is 14.9. The Balaban J connectivity index is 1.64. The number of aldehydes is 1. The lowest BCUT2D eigenvalue weighted by Crippen LogP contribution is -2.57. The van der Waals surface area contributed by atoms with Crippen molar-refractivity contribution >= 4 is 29.0 Å². The molecule has 0 bridgehead atoms. The van der Waals surface area contributed by atoms with Crippen LogP contribution in [0.25, 0.3) is 22.0 Å². The number of carbonyl (C=O) groups excluding carboxylic acids is 3. The van der Waals surface area contributed by atoms with Crippen LogP contribution in [0.1, 0.15) is 52.8 Å². The number of amides is 2. The number of rotatable bonds is 8. The van der Waals surface area contributed by atoms with Crippen LogP contribution in [0.4, 0.5) is 8.78 Å². The molecule has 3 aromatic rings. The molecule has 7 nitrogen and oxygen atoms in total. The van der Waals surface area contributed by atoms with Crippen molar-refractivity contribution in [2.75, 3.05) is 13.6 Å². The van der Waals surface area contributed by atoms with Gasteiger partial charge in [-0.05, 0) is 55.5 Å². The van der Waals surface area contributed by atoms with E-state index in [-0.39, 0.29) is 39.1 Å². The lowest BCUT2D eigenvalue weighted by molar-refractivity contribution is -0.107. The molecule has 1 aliphatic rings. The Labute approximate surface area is 195 Å². The van der Waals surface area contributed by atoms with Gasteiger partial charge in [0.15, 0.2) is 0 Å². The Kier molecular flexibility index (Phi) is 6.47. The van der Waals surface area contributed by atoms with E-state index in [4.69, 9.17) is 5.73 Å². The number of hydrogen-bond acceptors (Lipinski definition) is 4. The zero-order valence-corrected chi connectivity index (χ0v) is 18.8. The molecule has 1 fully saturated rings. The molecule has 1 aliphatic carbocycles. The Hall–Kier alpha value is -3.59. The third-order valence-corrected chi connectivity index (χ3v) is 6.63. The molecule has 1 saturated carbocycles. The first-order chi connectivity index (χ1) is 16.3. The highest BCUT2D eigenvalue weighted by Gasteiger charge is 2.40. The van der Waals surface area contributed by atoms with E-state index in [0.29, 0.717) is 13.0 Å². The standard InChI is InChI=1S/C25H26F2N4O3/c1-31(25(7-2-3-8-25)30-9-4-10-32)24(34)15-5-6-17(20(26)12-15)16-11-18-19(23(28)33)14-29-22(18)21(27)13-16/h5-6,10-14,29-30H,2-4,7-9H2,1H3,(H2,28,33). The van der Waals surface area contributed by atoms with Gasteiger partial charge in [0.25, 0.3) is 11.8 Å². The van der Waals surface area contributed by atoms with E-state index < -0.39 is 23.2 Å². The van der Waals surface area contributed by atoms with Crippen LogP contribution in [-0.4, -0.2) is 47.2 Å². The lowest BCUT2D eigenvalue weighted by Gasteiger charge is -2.40. The molecule has 1 heterocycles. The number of halogens is 2. The highest BCUT2D eigenvalue weighted by Crippen LogP contribution is 2.34. The van der Waals surface area contributed by atoms with Crippen molar-refractivity contribution in [3.05, 3.63) is 59.3 Å². The van der Waals surface area contributed by atoms with Crippen molar-refractivity contribution in [1.29, 1.82) is 0 Å². The molecule has 178 valence electrons. The Morgan fingerprint density at radius 1 is 1.18 bits per heavy atom. The number of benzene rings is 2. The molecule has 0 atom stereocenters. The maximum atomic E-state index is 15.2. The molecule has 0 saturated heterocycles. The second-order valence-electron chi connectivity index (χ2n) is 8.63. The van der Waals surface area contributed by atoms with Crippen molar-refractivity contribution in [3.8, 4) is 11.1 Å². The number of aromatic nitrogens is 1. The minimum Gasteiger partial charge on any atom is -0.366 e. The molecule has 9 heteroatoms. The summed E-state index contributed by atoms with van der Waals surface area (Å²) in [4.78, 5) is 39.8. The number of hydrogen-bond donors (Lipinski definition) is 3. The minimum absolute atomic E-state index is 0.0938. The van der Waals surface area contributed by atoms with Crippen LogP contribution in [-0.2, 0) is 4.79 Å². The van der Waals surface area contributed by atoms with Gasteiger partial charge < -0.3 is 20.4 Å². The van der Waals surface area contributed by atoms with E-state index in [1.807, 2.05) is 0 Å². The Bertz CT molecular complexity index is 1260. The molecule has 4 N–H and O–H groups in total. The molecule has 0 spiro atoms. The number of nitrogens with two attached hydrogens (primary N) is 1. The van der Waals surface area contributed by atoms with Crippen LogP contribution >= 0.6 is 0 Å². The predicted molar refractivity (Wildman–Crippen MR) is 124 cm³/mol. The van der Waals surface area contributed by atoms with E-state index in [2.05, 4.69) is 10.3 Å². The first kappa shape index (κ1) is 23.6. The average molecular weight is 469 g/mol. The number of aromatic amines is 1. The van der Waals surface area contributed by atoms with Gasteiger partial charge in [0, 0.05) is 42.7 Å².